The molecule has 32 heavy (non-hydrogen) atoms. The van der Waals surface area contributed by atoms with Gasteiger partial charge in [0.2, 0.25) is 0 Å². The standard InChI is InChI=1S/C28H22O4/c1-30-22-13-14-23-19(17-22)18-25(27(29)31-2)24-15-16-28(32-26(23)24,20-9-5-3-6-10-20)21-11-7-4-8-12-21/h3-18H,1-2H3. The molecule has 0 unspecified atom stereocenters. The number of hydrogen-bond acceptors (Lipinski definition) is 4. The Labute approximate surface area is 186 Å². The highest BCUT2D eigenvalue weighted by molar-refractivity contribution is 6.04. The molecule has 0 N–H and O–H groups in total. The van der Waals surface area contributed by atoms with Gasteiger partial charge in [0.1, 0.15) is 11.5 Å². The fourth-order valence-corrected chi connectivity index (χ4v) is 4.29. The van der Waals surface area contributed by atoms with Crippen molar-refractivity contribution in [2.45, 2.75) is 5.60 Å². The van der Waals surface area contributed by atoms with Crippen molar-refractivity contribution in [1.82, 2.24) is 0 Å². The van der Waals surface area contributed by atoms with E-state index in [0.29, 0.717) is 22.6 Å². The zero-order chi connectivity index (χ0) is 22.1. The molecule has 0 saturated carbocycles. The number of esters is 1. The Bertz CT molecular complexity index is 1280. The molecule has 1 aliphatic heterocycles. The number of ether oxygens (including phenoxy) is 3. The summed E-state index contributed by atoms with van der Waals surface area (Å²) < 4.78 is 17.3. The topological polar surface area (TPSA) is 44.8 Å². The van der Waals surface area contributed by atoms with Gasteiger partial charge < -0.3 is 14.2 Å². The Morgan fingerprint density at radius 2 is 1.50 bits per heavy atom. The van der Waals surface area contributed by atoms with Crippen LogP contribution in [0.15, 0.2) is 91.0 Å². The van der Waals surface area contributed by atoms with E-state index < -0.39 is 11.6 Å². The molecule has 0 amide bonds. The molecular weight excluding hydrogens is 400 g/mol. The summed E-state index contributed by atoms with van der Waals surface area (Å²) in [5, 5.41) is 1.74. The molecule has 0 radical (unpaired) electrons. The fraction of sp³-hybridized carbons (Fsp3) is 0.107. The van der Waals surface area contributed by atoms with Gasteiger partial charge in [-0.25, -0.2) is 4.79 Å². The molecule has 4 nitrogen and oxygen atoms in total. The normalized spacial score (nSPS) is 13.8. The van der Waals surface area contributed by atoms with E-state index in [9.17, 15) is 4.79 Å². The molecule has 0 saturated heterocycles. The Kier molecular flexibility index (Phi) is 4.91. The first-order valence-electron chi connectivity index (χ1n) is 10.4. The highest BCUT2D eigenvalue weighted by Crippen LogP contribution is 2.46. The zero-order valence-electron chi connectivity index (χ0n) is 17.9. The third-order valence-corrected chi connectivity index (χ3v) is 5.90. The fourth-order valence-electron chi connectivity index (χ4n) is 4.29. The number of benzene rings is 4. The van der Waals surface area contributed by atoms with Gasteiger partial charge in [0.15, 0.2) is 5.60 Å². The maximum Gasteiger partial charge on any atom is 0.338 e. The first kappa shape index (κ1) is 19.9. The van der Waals surface area contributed by atoms with Crippen LogP contribution in [-0.4, -0.2) is 20.2 Å². The molecule has 1 heterocycles. The van der Waals surface area contributed by atoms with Crippen LogP contribution >= 0.6 is 0 Å². The summed E-state index contributed by atoms with van der Waals surface area (Å²) in [5.41, 5.74) is 2.32. The van der Waals surface area contributed by atoms with Gasteiger partial charge in [-0.05, 0) is 41.8 Å². The second-order valence-electron chi connectivity index (χ2n) is 7.65. The van der Waals surface area contributed by atoms with Crippen molar-refractivity contribution in [3.63, 3.8) is 0 Å². The molecule has 0 fully saturated rings. The maximum atomic E-state index is 12.6. The molecule has 4 aromatic rings. The lowest BCUT2D eigenvalue weighted by Crippen LogP contribution is -2.34. The van der Waals surface area contributed by atoms with Crippen LogP contribution in [0.25, 0.3) is 16.8 Å². The zero-order valence-corrected chi connectivity index (χ0v) is 17.9. The van der Waals surface area contributed by atoms with E-state index in [2.05, 4.69) is 24.3 Å². The van der Waals surface area contributed by atoms with E-state index in [1.165, 1.54) is 7.11 Å². The minimum atomic E-state index is -0.836. The third kappa shape index (κ3) is 3.12. The molecule has 5 rings (SSSR count). The summed E-state index contributed by atoms with van der Waals surface area (Å²) >= 11 is 0. The van der Waals surface area contributed by atoms with Crippen LogP contribution in [-0.2, 0) is 10.3 Å². The van der Waals surface area contributed by atoms with Crippen LogP contribution in [0.2, 0.25) is 0 Å². The van der Waals surface area contributed by atoms with Gasteiger partial charge in [0.05, 0.1) is 19.8 Å². The smallest absolute Gasteiger partial charge is 0.338 e. The number of carbonyl (C=O) groups is 1. The van der Waals surface area contributed by atoms with Crippen LogP contribution in [0.3, 0.4) is 0 Å². The molecule has 0 atom stereocenters. The van der Waals surface area contributed by atoms with Gasteiger partial charge in [-0.3, -0.25) is 0 Å². The first-order chi connectivity index (χ1) is 15.7. The first-order valence-corrected chi connectivity index (χ1v) is 10.4. The summed E-state index contributed by atoms with van der Waals surface area (Å²) in [6.07, 6.45) is 3.98. The van der Waals surface area contributed by atoms with E-state index in [0.717, 1.165) is 21.9 Å². The van der Waals surface area contributed by atoms with Gasteiger partial charge in [-0.2, -0.15) is 0 Å². The van der Waals surface area contributed by atoms with Crippen LogP contribution in [0.1, 0.15) is 27.0 Å². The molecule has 4 heteroatoms. The lowest BCUT2D eigenvalue weighted by molar-refractivity contribution is 0.0599. The molecule has 0 bridgehead atoms. The van der Waals surface area contributed by atoms with Crippen molar-refractivity contribution in [2.24, 2.45) is 0 Å². The van der Waals surface area contributed by atoms with Crippen LogP contribution < -0.4 is 9.47 Å². The highest BCUT2D eigenvalue weighted by Gasteiger charge is 2.38. The molecule has 1 aliphatic rings. The SMILES string of the molecule is COC(=O)c1cc2cc(OC)ccc2c2c1C=CC(c1ccccc1)(c1ccccc1)O2. The average Bonchev–Trinajstić information content (AvgIpc) is 2.88. The van der Waals surface area contributed by atoms with Crippen LogP contribution in [0.5, 0.6) is 11.5 Å². The average molecular weight is 422 g/mol. The number of methoxy groups -OCH3 is 2. The molecule has 158 valence electrons. The Morgan fingerprint density at radius 3 is 2.09 bits per heavy atom. The lowest BCUT2D eigenvalue weighted by Gasteiger charge is -2.37. The highest BCUT2D eigenvalue weighted by atomic mass is 16.5. The van der Waals surface area contributed by atoms with Crippen LogP contribution in [0.4, 0.5) is 0 Å². The number of carbonyl (C=O) groups excluding carboxylic acids is 1. The van der Waals surface area contributed by atoms with Crippen molar-refractivity contribution >= 4 is 22.8 Å². The Hall–Kier alpha value is -4.05. The number of hydrogen-bond donors (Lipinski definition) is 0. The van der Waals surface area contributed by atoms with E-state index >= 15 is 0 Å². The molecule has 0 aromatic heterocycles. The van der Waals surface area contributed by atoms with Crippen molar-refractivity contribution in [2.75, 3.05) is 14.2 Å². The van der Waals surface area contributed by atoms with Gasteiger partial charge in [-0.15, -0.1) is 0 Å². The predicted molar refractivity (Wildman–Crippen MR) is 125 cm³/mol. The van der Waals surface area contributed by atoms with Crippen LogP contribution in [0, 0.1) is 0 Å². The third-order valence-electron chi connectivity index (χ3n) is 5.90. The molecule has 0 aliphatic carbocycles. The Balaban J connectivity index is 1.81. The lowest BCUT2D eigenvalue weighted by atomic mass is 9.82. The monoisotopic (exact) mass is 422 g/mol. The largest absolute Gasteiger partial charge is 0.497 e. The van der Waals surface area contributed by atoms with E-state index in [4.69, 9.17) is 14.2 Å². The summed E-state index contributed by atoms with van der Waals surface area (Å²) in [4.78, 5) is 12.6. The van der Waals surface area contributed by atoms with Crippen molar-refractivity contribution < 1.29 is 19.0 Å². The van der Waals surface area contributed by atoms with Crippen molar-refractivity contribution in [3.05, 3.63) is 113 Å². The summed E-state index contributed by atoms with van der Waals surface area (Å²) in [6.45, 7) is 0. The second-order valence-corrected chi connectivity index (χ2v) is 7.65. The molecular formula is C28H22O4. The van der Waals surface area contributed by atoms with Gasteiger partial charge in [0, 0.05) is 22.1 Å². The van der Waals surface area contributed by atoms with Crippen molar-refractivity contribution in [1.29, 1.82) is 0 Å². The minimum Gasteiger partial charge on any atom is -0.497 e. The quantitative estimate of drug-likeness (QED) is 0.379. The minimum absolute atomic E-state index is 0.411. The molecule has 0 spiro atoms. The van der Waals surface area contributed by atoms with Gasteiger partial charge in [-0.1, -0.05) is 60.7 Å². The predicted octanol–water partition coefficient (Wildman–Crippen LogP) is 5.98. The van der Waals surface area contributed by atoms with Crippen molar-refractivity contribution in [3.8, 4) is 11.5 Å². The molecule has 4 aromatic carbocycles. The number of fused-ring (bicyclic) bond motifs is 3. The van der Waals surface area contributed by atoms with E-state index in [1.54, 1.807) is 7.11 Å². The number of rotatable bonds is 4. The van der Waals surface area contributed by atoms with E-state index in [1.807, 2.05) is 72.8 Å². The summed E-state index contributed by atoms with van der Waals surface area (Å²) in [5.74, 6) is 0.934. The van der Waals surface area contributed by atoms with E-state index in [-0.39, 0.29) is 0 Å². The Morgan fingerprint density at radius 1 is 0.844 bits per heavy atom. The summed E-state index contributed by atoms with van der Waals surface area (Å²) in [7, 11) is 3.01. The maximum absolute atomic E-state index is 12.6. The van der Waals surface area contributed by atoms with Gasteiger partial charge in [0.25, 0.3) is 0 Å². The second kappa shape index (κ2) is 7.89. The summed E-state index contributed by atoms with van der Waals surface area (Å²) in [6, 6.07) is 27.8. The van der Waals surface area contributed by atoms with Gasteiger partial charge >= 0.3 is 5.97 Å².